The van der Waals surface area contributed by atoms with E-state index in [0.717, 1.165) is 18.9 Å². The maximum absolute atomic E-state index is 5.74. The molecule has 1 N–H and O–H groups in total. The lowest BCUT2D eigenvalue weighted by Crippen LogP contribution is -3.00. The molecule has 1 fully saturated rings. The first-order chi connectivity index (χ1) is 7.34. The Morgan fingerprint density at radius 2 is 2.00 bits per heavy atom. The molecule has 3 heteroatoms. The van der Waals surface area contributed by atoms with Crippen LogP contribution in [0.3, 0.4) is 0 Å². The number of ether oxygens (including phenoxy) is 1. The minimum Gasteiger partial charge on any atom is -1.00 e. The number of aryl methyl sites for hydroxylation is 1. The van der Waals surface area contributed by atoms with Crippen molar-refractivity contribution in [2.24, 2.45) is 0 Å². The molecule has 16 heavy (non-hydrogen) atoms. The van der Waals surface area contributed by atoms with E-state index in [2.05, 4.69) is 24.4 Å². The SMILES string of the molecule is Cc1ccc(OCC2CCCCN2)cc1.[Cl-]. The van der Waals surface area contributed by atoms with Gasteiger partial charge in [-0.3, -0.25) is 0 Å². The molecule has 0 aromatic heterocycles. The molecular formula is C13H19ClNO-. The number of halogens is 1. The monoisotopic (exact) mass is 240 g/mol. The van der Waals surface area contributed by atoms with Crippen molar-refractivity contribution in [3.63, 3.8) is 0 Å². The van der Waals surface area contributed by atoms with Gasteiger partial charge in [-0.2, -0.15) is 0 Å². The van der Waals surface area contributed by atoms with E-state index in [9.17, 15) is 0 Å². The van der Waals surface area contributed by atoms with Crippen molar-refractivity contribution in [1.82, 2.24) is 5.32 Å². The minimum absolute atomic E-state index is 0. The van der Waals surface area contributed by atoms with Crippen LogP contribution in [0.1, 0.15) is 24.8 Å². The molecule has 0 radical (unpaired) electrons. The summed E-state index contributed by atoms with van der Waals surface area (Å²) in [5, 5.41) is 3.48. The fourth-order valence-electron chi connectivity index (χ4n) is 1.90. The van der Waals surface area contributed by atoms with Crippen LogP contribution in [0.25, 0.3) is 0 Å². The molecule has 0 bridgehead atoms. The second-order valence-electron chi connectivity index (χ2n) is 4.27. The smallest absolute Gasteiger partial charge is 0.119 e. The van der Waals surface area contributed by atoms with E-state index in [1.165, 1.54) is 24.8 Å². The van der Waals surface area contributed by atoms with Crippen molar-refractivity contribution in [2.75, 3.05) is 13.2 Å². The van der Waals surface area contributed by atoms with E-state index in [1.807, 2.05) is 12.1 Å². The zero-order chi connectivity index (χ0) is 10.5. The van der Waals surface area contributed by atoms with E-state index < -0.39 is 0 Å². The van der Waals surface area contributed by atoms with Crippen molar-refractivity contribution in [3.05, 3.63) is 29.8 Å². The van der Waals surface area contributed by atoms with E-state index in [0.29, 0.717) is 6.04 Å². The Balaban J connectivity index is 0.00000128. The molecule has 1 aromatic carbocycles. The Bertz CT molecular complexity index is 293. The third-order valence-electron chi connectivity index (χ3n) is 2.88. The highest BCUT2D eigenvalue weighted by molar-refractivity contribution is 5.26. The summed E-state index contributed by atoms with van der Waals surface area (Å²) in [5.41, 5.74) is 1.28. The summed E-state index contributed by atoms with van der Waals surface area (Å²) in [7, 11) is 0. The third kappa shape index (κ3) is 4.03. The third-order valence-corrected chi connectivity index (χ3v) is 2.88. The molecule has 1 saturated heterocycles. The summed E-state index contributed by atoms with van der Waals surface area (Å²) in [4.78, 5) is 0. The average molecular weight is 241 g/mol. The molecule has 1 unspecified atom stereocenters. The minimum atomic E-state index is 0. The molecule has 0 amide bonds. The summed E-state index contributed by atoms with van der Waals surface area (Å²) in [6, 6.07) is 8.80. The zero-order valence-corrected chi connectivity index (χ0v) is 10.5. The van der Waals surface area contributed by atoms with Gasteiger partial charge in [0.25, 0.3) is 0 Å². The molecule has 1 atom stereocenters. The molecule has 2 rings (SSSR count). The van der Waals surface area contributed by atoms with E-state index in [4.69, 9.17) is 4.74 Å². The van der Waals surface area contributed by atoms with Crippen molar-refractivity contribution >= 4 is 0 Å². The summed E-state index contributed by atoms with van der Waals surface area (Å²) < 4.78 is 5.74. The summed E-state index contributed by atoms with van der Waals surface area (Å²) >= 11 is 0. The van der Waals surface area contributed by atoms with Gasteiger partial charge in [0.05, 0.1) is 0 Å². The predicted octanol–water partition coefficient (Wildman–Crippen LogP) is -0.480. The molecule has 1 aliphatic rings. The average Bonchev–Trinajstić information content (AvgIpc) is 2.30. The van der Waals surface area contributed by atoms with Crippen LogP contribution in [-0.2, 0) is 0 Å². The molecule has 2 nitrogen and oxygen atoms in total. The summed E-state index contributed by atoms with van der Waals surface area (Å²) in [6.45, 7) is 4.03. The lowest BCUT2D eigenvalue weighted by molar-refractivity contribution is -0.00000359. The molecule has 1 aromatic rings. The normalized spacial score (nSPS) is 19.9. The van der Waals surface area contributed by atoms with Crippen LogP contribution in [0.5, 0.6) is 5.75 Å². The first-order valence-electron chi connectivity index (χ1n) is 5.77. The standard InChI is InChI=1S/C13H19NO.ClH/c1-11-5-7-13(8-6-11)15-10-12-4-2-3-9-14-12;/h5-8,12,14H,2-4,9-10H2,1H3;1H/p-1. The predicted molar refractivity (Wildman–Crippen MR) is 62.3 cm³/mol. The topological polar surface area (TPSA) is 21.3 Å². The highest BCUT2D eigenvalue weighted by Gasteiger charge is 2.12. The Kier molecular flexibility index (Phi) is 5.64. The van der Waals surface area contributed by atoms with Gasteiger partial charge in [0.1, 0.15) is 12.4 Å². The van der Waals surface area contributed by atoms with Gasteiger partial charge < -0.3 is 22.5 Å². The second-order valence-corrected chi connectivity index (χ2v) is 4.27. The van der Waals surface area contributed by atoms with Gasteiger partial charge in [-0.05, 0) is 38.4 Å². The van der Waals surface area contributed by atoms with Gasteiger partial charge in [0.2, 0.25) is 0 Å². The van der Waals surface area contributed by atoms with Crippen molar-refractivity contribution in [2.45, 2.75) is 32.2 Å². The van der Waals surface area contributed by atoms with Gasteiger partial charge in [-0.15, -0.1) is 0 Å². The molecule has 1 aliphatic heterocycles. The van der Waals surface area contributed by atoms with E-state index >= 15 is 0 Å². The van der Waals surface area contributed by atoms with Crippen LogP contribution < -0.4 is 22.5 Å². The molecule has 0 saturated carbocycles. The molecular weight excluding hydrogens is 222 g/mol. The highest BCUT2D eigenvalue weighted by Crippen LogP contribution is 2.13. The fraction of sp³-hybridized carbons (Fsp3) is 0.538. The number of hydrogen-bond acceptors (Lipinski definition) is 2. The largest absolute Gasteiger partial charge is 1.00 e. The number of benzene rings is 1. The van der Waals surface area contributed by atoms with Gasteiger partial charge in [0.15, 0.2) is 0 Å². The number of hydrogen-bond donors (Lipinski definition) is 1. The Hall–Kier alpha value is -0.730. The summed E-state index contributed by atoms with van der Waals surface area (Å²) in [6.07, 6.45) is 3.88. The molecule has 0 aliphatic carbocycles. The fourth-order valence-corrected chi connectivity index (χ4v) is 1.90. The van der Waals surface area contributed by atoms with Crippen molar-refractivity contribution in [3.8, 4) is 5.75 Å². The lowest BCUT2D eigenvalue weighted by atomic mass is 10.1. The van der Waals surface area contributed by atoms with Crippen LogP contribution in [0.15, 0.2) is 24.3 Å². The van der Waals surface area contributed by atoms with Gasteiger partial charge in [-0.25, -0.2) is 0 Å². The number of piperidine rings is 1. The van der Waals surface area contributed by atoms with Crippen LogP contribution in [-0.4, -0.2) is 19.2 Å². The van der Waals surface area contributed by atoms with Crippen LogP contribution in [0.4, 0.5) is 0 Å². The van der Waals surface area contributed by atoms with Crippen LogP contribution in [0, 0.1) is 6.92 Å². The maximum Gasteiger partial charge on any atom is 0.119 e. The molecule has 90 valence electrons. The van der Waals surface area contributed by atoms with Crippen LogP contribution in [0.2, 0.25) is 0 Å². The summed E-state index contributed by atoms with van der Waals surface area (Å²) in [5.74, 6) is 0.980. The van der Waals surface area contributed by atoms with Gasteiger partial charge in [-0.1, -0.05) is 24.1 Å². The first kappa shape index (κ1) is 13.3. The Labute approximate surface area is 104 Å². The van der Waals surface area contributed by atoms with Crippen molar-refractivity contribution in [1.29, 1.82) is 0 Å². The number of nitrogens with one attached hydrogen (secondary N) is 1. The maximum atomic E-state index is 5.74. The second kappa shape index (κ2) is 6.77. The van der Waals surface area contributed by atoms with Gasteiger partial charge in [0, 0.05) is 6.04 Å². The van der Waals surface area contributed by atoms with E-state index in [1.54, 1.807) is 0 Å². The van der Waals surface area contributed by atoms with Crippen molar-refractivity contribution < 1.29 is 17.1 Å². The van der Waals surface area contributed by atoms with Gasteiger partial charge >= 0.3 is 0 Å². The van der Waals surface area contributed by atoms with Crippen LogP contribution >= 0.6 is 0 Å². The zero-order valence-electron chi connectivity index (χ0n) is 9.71. The lowest BCUT2D eigenvalue weighted by Gasteiger charge is -2.23. The quantitative estimate of drug-likeness (QED) is 0.771. The molecule has 0 spiro atoms. The first-order valence-corrected chi connectivity index (χ1v) is 5.77. The Morgan fingerprint density at radius 1 is 1.25 bits per heavy atom. The Morgan fingerprint density at radius 3 is 2.62 bits per heavy atom. The number of rotatable bonds is 3. The van der Waals surface area contributed by atoms with E-state index in [-0.39, 0.29) is 12.4 Å². The molecule has 1 heterocycles. The highest BCUT2D eigenvalue weighted by atomic mass is 35.5.